The van der Waals surface area contributed by atoms with Crippen molar-refractivity contribution in [2.24, 2.45) is 0 Å². The summed E-state index contributed by atoms with van der Waals surface area (Å²) in [6.07, 6.45) is 0.388. The summed E-state index contributed by atoms with van der Waals surface area (Å²) in [5, 5.41) is 13.7. The second-order valence-electron chi connectivity index (χ2n) is 5.84. The molecule has 25 heavy (non-hydrogen) atoms. The van der Waals surface area contributed by atoms with E-state index in [1.807, 2.05) is 24.3 Å². The van der Waals surface area contributed by atoms with E-state index in [0.717, 1.165) is 20.2 Å². The Hall–Kier alpha value is -1.75. The number of aromatic nitrogens is 2. The number of fused-ring (bicyclic) bond motifs is 1. The predicted molar refractivity (Wildman–Crippen MR) is 94.9 cm³/mol. The largest absolute Gasteiger partial charge is 0.476 e. The van der Waals surface area contributed by atoms with Crippen molar-refractivity contribution in [1.29, 1.82) is 0 Å². The molecule has 0 saturated carbocycles. The van der Waals surface area contributed by atoms with Gasteiger partial charge in [0, 0.05) is 43.6 Å². The van der Waals surface area contributed by atoms with Crippen LogP contribution < -0.4 is 0 Å². The van der Waals surface area contributed by atoms with Gasteiger partial charge in [0.1, 0.15) is 0 Å². The lowest BCUT2D eigenvalue weighted by Gasteiger charge is -2.29. The molecule has 134 valence electrons. The molecule has 2 aromatic rings. The lowest BCUT2D eigenvalue weighted by molar-refractivity contribution is 0.0688. The molecule has 1 aliphatic heterocycles. The molecule has 0 bridgehead atoms. The smallest absolute Gasteiger partial charge is 0.356 e. The maximum Gasteiger partial charge on any atom is 0.356 e. The van der Waals surface area contributed by atoms with Crippen LogP contribution in [-0.4, -0.2) is 58.5 Å². The molecule has 2 heterocycles. The zero-order valence-corrected chi connectivity index (χ0v) is 16.1. The number of carboxylic acids is 1. The number of hydrogen-bond acceptors (Lipinski definition) is 4. The van der Waals surface area contributed by atoms with Gasteiger partial charge in [0.2, 0.25) is 0 Å². The second-order valence-corrected chi connectivity index (χ2v) is 8.90. The Labute approximate surface area is 154 Å². The van der Waals surface area contributed by atoms with Gasteiger partial charge in [-0.1, -0.05) is 15.9 Å². The van der Waals surface area contributed by atoms with E-state index in [4.69, 9.17) is 0 Å². The highest BCUT2D eigenvalue weighted by Gasteiger charge is 2.34. The minimum Gasteiger partial charge on any atom is -0.476 e. The Kier molecular flexibility index (Phi) is 4.71. The fourth-order valence-electron chi connectivity index (χ4n) is 2.79. The van der Waals surface area contributed by atoms with Gasteiger partial charge in [-0.05, 0) is 24.3 Å². The molecular weight excluding hydrogens is 412 g/mol. The predicted octanol–water partition coefficient (Wildman–Crippen LogP) is 1.50. The number of hydrogen-bond donors (Lipinski definition) is 1. The van der Waals surface area contributed by atoms with Crippen LogP contribution in [0.1, 0.15) is 21.7 Å². The van der Waals surface area contributed by atoms with Crippen LogP contribution in [0.25, 0.3) is 5.69 Å². The average Bonchev–Trinajstić information content (AvgIpc) is 2.94. The SMILES string of the molecule is CN(C)S(=O)(=O)N1CCc2c(c(C(=O)O)nn2-c2ccc(Br)cc2)C1. The fourth-order valence-corrected chi connectivity index (χ4v) is 4.13. The molecule has 0 atom stereocenters. The van der Waals surface area contributed by atoms with E-state index >= 15 is 0 Å². The van der Waals surface area contributed by atoms with Crippen LogP contribution in [0.2, 0.25) is 0 Å². The van der Waals surface area contributed by atoms with Gasteiger partial charge >= 0.3 is 5.97 Å². The number of carboxylic acid groups (broad SMARTS) is 1. The van der Waals surface area contributed by atoms with Crippen molar-refractivity contribution >= 4 is 32.1 Å². The third-order valence-corrected chi connectivity index (χ3v) is 6.50. The molecule has 0 radical (unpaired) electrons. The Morgan fingerprint density at radius 3 is 2.48 bits per heavy atom. The molecule has 0 saturated heterocycles. The molecule has 1 aromatic carbocycles. The summed E-state index contributed by atoms with van der Waals surface area (Å²) in [6.45, 7) is 0.267. The van der Waals surface area contributed by atoms with Crippen LogP contribution in [0.15, 0.2) is 28.7 Å². The average molecular weight is 429 g/mol. The van der Waals surface area contributed by atoms with Gasteiger partial charge in [-0.3, -0.25) is 0 Å². The zero-order chi connectivity index (χ0) is 18.4. The first-order valence-electron chi connectivity index (χ1n) is 7.49. The monoisotopic (exact) mass is 428 g/mol. The third kappa shape index (κ3) is 3.22. The van der Waals surface area contributed by atoms with Gasteiger partial charge in [-0.15, -0.1) is 0 Å². The van der Waals surface area contributed by atoms with Gasteiger partial charge < -0.3 is 5.11 Å². The summed E-state index contributed by atoms with van der Waals surface area (Å²) < 4.78 is 29.6. The van der Waals surface area contributed by atoms with E-state index in [-0.39, 0.29) is 18.8 Å². The highest BCUT2D eigenvalue weighted by Crippen LogP contribution is 2.28. The van der Waals surface area contributed by atoms with Crippen LogP contribution >= 0.6 is 15.9 Å². The molecule has 0 fully saturated rings. The third-order valence-electron chi connectivity index (χ3n) is 4.08. The highest BCUT2D eigenvalue weighted by atomic mass is 79.9. The Morgan fingerprint density at radius 1 is 1.28 bits per heavy atom. The molecule has 0 aliphatic carbocycles. The Morgan fingerprint density at radius 2 is 1.92 bits per heavy atom. The number of nitrogens with zero attached hydrogens (tertiary/aromatic N) is 4. The molecule has 1 aromatic heterocycles. The van der Waals surface area contributed by atoms with E-state index in [2.05, 4.69) is 21.0 Å². The molecule has 0 spiro atoms. The van der Waals surface area contributed by atoms with Gasteiger partial charge in [0.05, 0.1) is 11.4 Å². The van der Waals surface area contributed by atoms with Crippen molar-refractivity contribution in [2.75, 3.05) is 20.6 Å². The summed E-state index contributed by atoms with van der Waals surface area (Å²) in [5.41, 5.74) is 1.78. The number of carbonyl (C=O) groups is 1. The lowest BCUT2D eigenvalue weighted by Crippen LogP contribution is -2.43. The minimum atomic E-state index is -3.62. The molecule has 0 unspecified atom stereocenters. The Bertz CT molecular complexity index is 922. The first kappa shape index (κ1) is 18.1. The van der Waals surface area contributed by atoms with Crippen molar-refractivity contribution in [3.05, 3.63) is 45.7 Å². The quantitative estimate of drug-likeness (QED) is 0.795. The normalized spacial score (nSPS) is 15.4. The van der Waals surface area contributed by atoms with Crippen molar-refractivity contribution in [2.45, 2.75) is 13.0 Å². The van der Waals surface area contributed by atoms with Gasteiger partial charge in [-0.2, -0.15) is 22.1 Å². The number of aromatic carboxylic acids is 1. The van der Waals surface area contributed by atoms with Crippen LogP contribution in [0.3, 0.4) is 0 Å². The molecule has 1 aliphatic rings. The summed E-state index contributed by atoms with van der Waals surface area (Å²) in [6, 6.07) is 7.34. The maximum absolute atomic E-state index is 12.4. The van der Waals surface area contributed by atoms with E-state index in [1.54, 1.807) is 4.68 Å². The summed E-state index contributed by atoms with van der Waals surface area (Å²) >= 11 is 3.36. The number of rotatable bonds is 4. The van der Waals surface area contributed by atoms with Crippen molar-refractivity contribution in [1.82, 2.24) is 18.4 Å². The summed E-state index contributed by atoms with van der Waals surface area (Å²) in [5.74, 6) is -1.17. The molecular formula is C15H17BrN4O4S. The first-order chi connectivity index (χ1) is 11.7. The number of benzene rings is 1. The van der Waals surface area contributed by atoms with Gasteiger partial charge in [-0.25, -0.2) is 9.48 Å². The van der Waals surface area contributed by atoms with Crippen LogP contribution in [0.5, 0.6) is 0 Å². The lowest BCUT2D eigenvalue weighted by atomic mass is 10.1. The topological polar surface area (TPSA) is 95.7 Å². The van der Waals surface area contributed by atoms with Crippen molar-refractivity contribution in [3.8, 4) is 5.69 Å². The Balaban J connectivity index is 2.08. The maximum atomic E-state index is 12.4. The van der Waals surface area contributed by atoms with E-state index < -0.39 is 16.2 Å². The molecule has 8 nitrogen and oxygen atoms in total. The van der Waals surface area contributed by atoms with Crippen molar-refractivity contribution in [3.63, 3.8) is 0 Å². The van der Waals surface area contributed by atoms with Crippen LogP contribution in [0.4, 0.5) is 0 Å². The van der Waals surface area contributed by atoms with Crippen LogP contribution in [0, 0.1) is 0 Å². The van der Waals surface area contributed by atoms with Crippen molar-refractivity contribution < 1.29 is 18.3 Å². The van der Waals surface area contributed by atoms with Gasteiger partial charge in [0.15, 0.2) is 5.69 Å². The highest BCUT2D eigenvalue weighted by molar-refractivity contribution is 9.10. The molecule has 10 heteroatoms. The van der Waals surface area contributed by atoms with E-state index in [1.165, 1.54) is 18.4 Å². The number of halogens is 1. The molecule has 0 amide bonds. The van der Waals surface area contributed by atoms with Gasteiger partial charge in [0.25, 0.3) is 10.2 Å². The standard InChI is InChI=1S/C15H17BrN4O4S/c1-18(2)25(23,24)19-8-7-13-12(9-19)14(15(21)22)17-20(13)11-5-3-10(16)4-6-11/h3-6H,7-9H2,1-2H3,(H,21,22). The van der Waals surface area contributed by atoms with E-state index in [0.29, 0.717) is 12.0 Å². The summed E-state index contributed by atoms with van der Waals surface area (Å²) in [7, 11) is -0.710. The zero-order valence-electron chi connectivity index (χ0n) is 13.7. The molecule has 3 rings (SSSR count). The minimum absolute atomic E-state index is 0.00594. The fraction of sp³-hybridized carbons (Fsp3) is 0.333. The molecule has 1 N–H and O–H groups in total. The van der Waals surface area contributed by atoms with Crippen LogP contribution in [-0.2, 0) is 23.2 Å². The summed E-state index contributed by atoms with van der Waals surface area (Å²) in [4.78, 5) is 11.6. The second kappa shape index (κ2) is 6.52. The van der Waals surface area contributed by atoms with E-state index in [9.17, 15) is 18.3 Å². The first-order valence-corrected chi connectivity index (χ1v) is 9.68.